The van der Waals surface area contributed by atoms with Gasteiger partial charge in [-0.2, -0.15) is 0 Å². The molecule has 1 aliphatic rings. The summed E-state index contributed by atoms with van der Waals surface area (Å²) >= 11 is 6.19. The van der Waals surface area contributed by atoms with E-state index in [9.17, 15) is 0 Å². The predicted octanol–water partition coefficient (Wildman–Crippen LogP) is 5.92. The molecule has 1 aliphatic carbocycles. The Morgan fingerprint density at radius 1 is 1.06 bits per heavy atom. The van der Waals surface area contributed by atoms with Crippen LogP contribution in [0.2, 0.25) is 0 Å². The minimum atomic E-state index is 0.467. The van der Waals surface area contributed by atoms with Gasteiger partial charge in [0, 0.05) is 5.38 Å². The molecule has 1 fully saturated rings. The molecular weight excluding hydrogens is 216 g/mol. The van der Waals surface area contributed by atoms with Crippen molar-refractivity contribution in [1.29, 1.82) is 0 Å². The van der Waals surface area contributed by atoms with E-state index >= 15 is 0 Å². The molecule has 1 heteroatoms. The average Bonchev–Trinajstić information content (AvgIpc) is 2.58. The van der Waals surface area contributed by atoms with Gasteiger partial charge in [0.1, 0.15) is 0 Å². The number of hydrogen-bond donors (Lipinski definition) is 0. The average molecular weight is 245 g/mol. The summed E-state index contributed by atoms with van der Waals surface area (Å²) in [5, 5.41) is 0.467. The molecule has 0 aliphatic heterocycles. The molecule has 1 saturated carbocycles. The first kappa shape index (κ1) is 14.4. The van der Waals surface area contributed by atoms with Crippen LogP contribution in [0.15, 0.2) is 0 Å². The Balaban J connectivity index is 1.94. The summed E-state index contributed by atoms with van der Waals surface area (Å²) in [6, 6.07) is 0. The van der Waals surface area contributed by atoms with Crippen LogP contribution in [0.4, 0.5) is 0 Å². The third-order valence-electron chi connectivity index (χ3n) is 4.16. The SMILES string of the molecule is CCCCCCCCCC1(C)CCC(Cl)C1. The van der Waals surface area contributed by atoms with E-state index in [1.54, 1.807) is 0 Å². The number of unbranched alkanes of at least 4 members (excludes halogenated alkanes) is 6. The first-order valence-electron chi connectivity index (χ1n) is 7.30. The largest absolute Gasteiger partial charge is 0.123 e. The van der Waals surface area contributed by atoms with Gasteiger partial charge in [-0.1, -0.05) is 58.8 Å². The van der Waals surface area contributed by atoms with E-state index < -0.39 is 0 Å². The van der Waals surface area contributed by atoms with E-state index in [1.165, 1.54) is 70.6 Å². The normalized spacial score (nSPS) is 29.8. The molecule has 0 bridgehead atoms. The van der Waals surface area contributed by atoms with Gasteiger partial charge in [0.15, 0.2) is 0 Å². The van der Waals surface area contributed by atoms with Crippen molar-refractivity contribution >= 4 is 11.6 Å². The summed E-state index contributed by atoms with van der Waals surface area (Å²) in [5.41, 5.74) is 0.579. The third-order valence-corrected chi connectivity index (χ3v) is 4.53. The van der Waals surface area contributed by atoms with Crippen LogP contribution in [0.1, 0.15) is 84.5 Å². The van der Waals surface area contributed by atoms with Gasteiger partial charge in [0.2, 0.25) is 0 Å². The smallest absolute Gasteiger partial charge is 0.0341 e. The molecule has 0 saturated heterocycles. The lowest BCUT2D eigenvalue weighted by molar-refractivity contribution is 0.295. The monoisotopic (exact) mass is 244 g/mol. The van der Waals surface area contributed by atoms with Crippen molar-refractivity contribution in [1.82, 2.24) is 0 Å². The molecule has 0 aromatic carbocycles. The van der Waals surface area contributed by atoms with Crippen molar-refractivity contribution in [2.24, 2.45) is 5.41 Å². The molecule has 2 atom stereocenters. The highest BCUT2D eigenvalue weighted by molar-refractivity contribution is 6.20. The first-order chi connectivity index (χ1) is 7.66. The Morgan fingerprint density at radius 2 is 1.69 bits per heavy atom. The first-order valence-corrected chi connectivity index (χ1v) is 7.74. The van der Waals surface area contributed by atoms with E-state index in [2.05, 4.69) is 13.8 Å². The predicted molar refractivity (Wildman–Crippen MR) is 74.2 cm³/mol. The molecule has 0 aromatic rings. The van der Waals surface area contributed by atoms with E-state index in [0.29, 0.717) is 10.8 Å². The summed E-state index contributed by atoms with van der Waals surface area (Å²) in [5.74, 6) is 0. The molecule has 96 valence electrons. The highest BCUT2D eigenvalue weighted by Crippen LogP contribution is 2.43. The van der Waals surface area contributed by atoms with Crippen molar-refractivity contribution in [3.8, 4) is 0 Å². The van der Waals surface area contributed by atoms with Crippen LogP contribution in [0.3, 0.4) is 0 Å². The Labute approximate surface area is 107 Å². The van der Waals surface area contributed by atoms with Crippen LogP contribution in [-0.2, 0) is 0 Å². The van der Waals surface area contributed by atoms with Gasteiger partial charge >= 0.3 is 0 Å². The second kappa shape index (κ2) is 7.58. The van der Waals surface area contributed by atoms with Crippen molar-refractivity contribution in [2.45, 2.75) is 89.9 Å². The fourth-order valence-corrected chi connectivity index (χ4v) is 3.46. The topological polar surface area (TPSA) is 0 Å². The molecule has 0 spiro atoms. The van der Waals surface area contributed by atoms with E-state index in [0.717, 1.165) is 0 Å². The minimum absolute atomic E-state index is 0.467. The second-order valence-corrected chi connectivity index (χ2v) is 6.64. The van der Waals surface area contributed by atoms with Crippen LogP contribution in [0.25, 0.3) is 0 Å². The third kappa shape index (κ3) is 5.57. The molecule has 0 radical (unpaired) electrons. The number of rotatable bonds is 8. The molecule has 0 aromatic heterocycles. The summed E-state index contributed by atoms with van der Waals surface area (Å²) < 4.78 is 0. The lowest BCUT2D eigenvalue weighted by Crippen LogP contribution is -2.11. The van der Waals surface area contributed by atoms with Crippen molar-refractivity contribution < 1.29 is 0 Å². The summed E-state index contributed by atoms with van der Waals surface area (Å²) in [4.78, 5) is 0. The van der Waals surface area contributed by atoms with Crippen LogP contribution >= 0.6 is 11.6 Å². The molecule has 0 nitrogen and oxygen atoms in total. The van der Waals surface area contributed by atoms with Crippen molar-refractivity contribution in [3.05, 3.63) is 0 Å². The van der Waals surface area contributed by atoms with Gasteiger partial charge < -0.3 is 0 Å². The van der Waals surface area contributed by atoms with Crippen LogP contribution in [-0.4, -0.2) is 5.38 Å². The fourth-order valence-electron chi connectivity index (χ4n) is 2.98. The fraction of sp³-hybridized carbons (Fsp3) is 1.00. The molecule has 2 unspecified atom stereocenters. The maximum atomic E-state index is 6.19. The Kier molecular flexibility index (Phi) is 6.80. The zero-order valence-corrected chi connectivity index (χ0v) is 12.0. The van der Waals surface area contributed by atoms with Gasteiger partial charge in [-0.3, -0.25) is 0 Å². The van der Waals surface area contributed by atoms with Gasteiger partial charge in [-0.05, 0) is 31.1 Å². The van der Waals surface area contributed by atoms with Crippen molar-refractivity contribution in [3.63, 3.8) is 0 Å². The standard InChI is InChI=1S/C15H29Cl/c1-3-4-5-6-7-8-9-11-15(2)12-10-14(16)13-15/h14H,3-13H2,1-2H3. The summed E-state index contributed by atoms with van der Waals surface area (Å²) in [6.45, 7) is 4.72. The lowest BCUT2D eigenvalue weighted by Gasteiger charge is -2.23. The van der Waals surface area contributed by atoms with Crippen LogP contribution in [0.5, 0.6) is 0 Å². The quantitative estimate of drug-likeness (QED) is 0.367. The molecule has 0 heterocycles. The van der Waals surface area contributed by atoms with Gasteiger partial charge in [-0.15, -0.1) is 11.6 Å². The molecular formula is C15H29Cl. The van der Waals surface area contributed by atoms with E-state index in [1.807, 2.05) is 0 Å². The number of halogens is 1. The Morgan fingerprint density at radius 3 is 2.25 bits per heavy atom. The maximum absolute atomic E-state index is 6.19. The lowest BCUT2D eigenvalue weighted by atomic mass is 9.83. The molecule has 16 heavy (non-hydrogen) atoms. The molecule has 1 rings (SSSR count). The second-order valence-electron chi connectivity index (χ2n) is 6.02. The molecule has 0 amide bonds. The van der Waals surface area contributed by atoms with Gasteiger partial charge in [-0.25, -0.2) is 0 Å². The Bertz CT molecular complexity index is 178. The number of hydrogen-bond acceptors (Lipinski definition) is 0. The zero-order chi connectivity index (χ0) is 11.9. The highest BCUT2D eigenvalue weighted by Gasteiger charge is 2.33. The van der Waals surface area contributed by atoms with Gasteiger partial charge in [0.25, 0.3) is 0 Å². The highest BCUT2D eigenvalue weighted by atomic mass is 35.5. The van der Waals surface area contributed by atoms with Crippen molar-refractivity contribution in [2.75, 3.05) is 0 Å². The van der Waals surface area contributed by atoms with Crippen LogP contribution < -0.4 is 0 Å². The maximum Gasteiger partial charge on any atom is 0.0341 e. The summed E-state index contributed by atoms with van der Waals surface area (Å²) in [7, 11) is 0. The zero-order valence-electron chi connectivity index (χ0n) is 11.2. The van der Waals surface area contributed by atoms with Crippen LogP contribution in [0, 0.1) is 5.41 Å². The van der Waals surface area contributed by atoms with E-state index in [4.69, 9.17) is 11.6 Å². The van der Waals surface area contributed by atoms with E-state index in [-0.39, 0.29) is 0 Å². The number of alkyl halides is 1. The molecule has 0 N–H and O–H groups in total. The summed E-state index contributed by atoms with van der Waals surface area (Å²) in [6.07, 6.45) is 15.2. The van der Waals surface area contributed by atoms with Gasteiger partial charge in [0.05, 0.1) is 0 Å². The minimum Gasteiger partial charge on any atom is -0.123 e. The Hall–Kier alpha value is 0.290.